The van der Waals surface area contributed by atoms with E-state index in [0.717, 1.165) is 102 Å². The molecule has 0 spiro atoms. The van der Waals surface area contributed by atoms with Gasteiger partial charge in [-0.05, 0) is 65.0 Å². The molecule has 0 bridgehead atoms. The molecule has 0 saturated carbocycles. The average Bonchev–Trinajstić information content (AvgIpc) is 0.767. The standard InChI is InChI=1S/C71H114O26/c1-9-11-13-14-15-16-19-22-30-36-49(74)92-65-64(97-67-55(80)53(78)51(76)41(5)84-67)60(95-68-57(82)61(59(43(7)85-68)93-66(83)40(3)4)90-50(75)38-37-45-31-26-24-27-32-45)44(8)87-71(65)94-58-42(6)86-69-63(56(58)81)91-48(73)35-29-23-20-17-18-21-28-34-46(33-25-12-10-2)88-70-62(96-69)54(79)52(77)47(39-72)89-70/h24,26-27,31-32,37-38,40-44,46-47,51-65,67-72,76-82H,9-23,25,28-30,33-36,39H2,1-8H3/b38-37+/t41-,42-,43-,44-,46?,47+,51-,52-,53+,54-,55+,56+,57+,58-,59-,60-,61-,62+,63+,64+,65+,67-,68-,69-,70+,71-/m0/s1. The smallest absolute Gasteiger partial charge is 0.331 e. The molecule has 554 valence electrons. The van der Waals surface area contributed by atoms with E-state index < -0.39 is 190 Å². The number of aliphatic hydroxyl groups excluding tert-OH is 8. The molecule has 6 heterocycles. The van der Waals surface area contributed by atoms with E-state index in [1.807, 2.05) is 0 Å². The molecule has 26 atom stereocenters. The van der Waals surface area contributed by atoms with Gasteiger partial charge >= 0.3 is 23.9 Å². The van der Waals surface area contributed by atoms with Gasteiger partial charge in [0.25, 0.3) is 0 Å². The highest BCUT2D eigenvalue weighted by atomic mass is 16.8. The van der Waals surface area contributed by atoms with Crippen molar-refractivity contribution in [1.29, 1.82) is 0 Å². The summed E-state index contributed by atoms with van der Waals surface area (Å²) in [5.74, 6) is -3.78. The van der Waals surface area contributed by atoms with Crippen LogP contribution in [-0.4, -0.2) is 231 Å². The van der Waals surface area contributed by atoms with Gasteiger partial charge in [0.1, 0.15) is 73.2 Å². The molecule has 1 aromatic carbocycles. The Kier molecular flexibility index (Phi) is 33.7. The number of fused-ring (bicyclic) bond motifs is 2. The number of benzene rings is 1. The van der Waals surface area contributed by atoms with E-state index in [9.17, 15) is 60.0 Å². The highest BCUT2D eigenvalue weighted by Crippen LogP contribution is 2.40. The Morgan fingerprint density at radius 2 is 1.09 bits per heavy atom. The zero-order valence-corrected chi connectivity index (χ0v) is 58.0. The van der Waals surface area contributed by atoms with Crippen LogP contribution in [0, 0.1) is 5.92 Å². The van der Waals surface area contributed by atoms with E-state index in [4.69, 9.17) is 66.3 Å². The molecular formula is C71H114O26. The quantitative estimate of drug-likeness (QED) is 0.0211. The second-order valence-electron chi connectivity index (χ2n) is 27.4. The molecule has 0 aromatic heterocycles. The molecule has 0 aliphatic carbocycles. The van der Waals surface area contributed by atoms with E-state index in [1.54, 1.807) is 44.2 Å². The SMILES string of the molecule is CCCCCCCCCCCC(=O)O[C@H]1[C@H](O[C@@H]2[C@@H](O)[C@H]3OC(=O)CCCCCCCCCC(CCCCC)O[C@@H]4O[C@H](CO)[C@H](O)[C@H](O)[C@H]4O[C@@H]3O[C@H]2C)O[C@@H](C)[C@H](O[C@@H]2O[C@@H](C)[C@H](OC(=O)C(C)C)[C@@H](OC(=O)/C=C/c3ccccc3)[C@H]2O)[C@H]1O[C@@H]1O[C@@H](C)[C@H](O)[C@@H](O)[C@H]1O. The molecule has 97 heavy (non-hydrogen) atoms. The van der Waals surface area contributed by atoms with Gasteiger partial charge in [-0.2, -0.15) is 0 Å². The van der Waals surface area contributed by atoms with Crippen molar-refractivity contribution in [3.05, 3.63) is 42.0 Å². The lowest BCUT2D eigenvalue weighted by Crippen LogP contribution is -2.68. The molecule has 26 heteroatoms. The van der Waals surface area contributed by atoms with Gasteiger partial charge in [0.2, 0.25) is 0 Å². The first-order valence-corrected chi connectivity index (χ1v) is 36.0. The summed E-state index contributed by atoms with van der Waals surface area (Å²) in [5.41, 5.74) is 0.658. The fourth-order valence-corrected chi connectivity index (χ4v) is 13.2. The van der Waals surface area contributed by atoms with Gasteiger partial charge in [0.05, 0.1) is 43.0 Å². The van der Waals surface area contributed by atoms with E-state index in [0.29, 0.717) is 44.1 Å². The summed E-state index contributed by atoms with van der Waals surface area (Å²) in [6.45, 7) is 12.7. The number of esters is 4. The Labute approximate surface area is 571 Å². The highest BCUT2D eigenvalue weighted by molar-refractivity contribution is 5.87. The van der Waals surface area contributed by atoms with Crippen LogP contribution in [0.2, 0.25) is 0 Å². The van der Waals surface area contributed by atoms with Crippen molar-refractivity contribution in [1.82, 2.24) is 0 Å². The zero-order valence-electron chi connectivity index (χ0n) is 58.0. The van der Waals surface area contributed by atoms with Crippen LogP contribution in [0.3, 0.4) is 0 Å². The Morgan fingerprint density at radius 1 is 0.515 bits per heavy atom. The first-order valence-electron chi connectivity index (χ1n) is 36.0. The number of unbranched alkanes of at least 4 members (excludes halogenated alkanes) is 10. The summed E-state index contributed by atoms with van der Waals surface area (Å²) in [6, 6.07) is 8.86. The van der Waals surface area contributed by atoms with Gasteiger partial charge in [0, 0.05) is 18.9 Å². The number of hydrogen-bond acceptors (Lipinski definition) is 26. The second-order valence-corrected chi connectivity index (χ2v) is 27.4. The molecule has 0 radical (unpaired) electrons. The van der Waals surface area contributed by atoms with Gasteiger partial charge in [-0.1, -0.05) is 167 Å². The van der Waals surface area contributed by atoms with Gasteiger partial charge in [-0.25, -0.2) is 4.79 Å². The predicted molar refractivity (Wildman–Crippen MR) is 347 cm³/mol. The summed E-state index contributed by atoms with van der Waals surface area (Å²) < 4.78 is 89.2. The summed E-state index contributed by atoms with van der Waals surface area (Å²) in [5, 5.41) is 92.4. The van der Waals surface area contributed by atoms with E-state index in [1.165, 1.54) is 33.8 Å². The van der Waals surface area contributed by atoms with Crippen LogP contribution in [0.1, 0.15) is 209 Å². The van der Waals surface area contributed by atoms with Gasteiger partial charge in [-0.15, -0.1) is 0 Å². The minimum Gasteiger partial charge on any atom is -0.455 e. The molecule has 7 rings (SSSR count). The summed E-state index contributed by atoms with van der Waals surface area (Å²) in [7, 11) is 0. The van der Waals surface area contributed by atoms with Crippen LogP contribution >= 0.6 is 0 Å². The van der Waals surface area contributed by atoms with Crippen molar-refractivity contribution in [2.75, 3.05) is 6.61 Å². The van der Waals surface area contributed by atoms with Crippen molar-refractivity contribution in [2.45, 2.75) is 363 Å². The van der Waals surface area contributed by atoms with Gasteiger partial charge < -0.3 is 107 Å². The van der Waals surface area contributed by atoms with Crippen molar-refractivity contribution in [3.8, 4) is 0 Å². The molecule has 0 amide bonds. The van der Waals surface area contributed by atoms with Crippen molar-refractivity contribution >= 4 is 30.0 Å². The zero-order chi connectivity index (χ0) is 70.3. The molecule has 6 saturated heterocycles. The topological polar surface area (TPSA) is 359 Å². The number of carbonyl (C=O) groups is 4. The normalized spacial score (nSPS) is 38.3. The minimum absolute atomic E-state index is 0.0647. The van der Waals surface area contributed by atoms with Crippen molar-refractivity contribution < 1.29 is 126 Å². The number of carbonyl (C=O) groups excluding carboxylic acids is 4. The van der Waals surface area contributed by atoms with Crippen molar-refractivity contribution in [3.63, 3.8) is 0 Å². The molecule has 6 aliphatic rings. The number of hydrogen-bond donors (Lipinski definition) is 8. The van der Waals surface area contributed by atoms with Gasteiger partial charge in [-0.3, -0.25) is 14.4 Å². The van der Waals surface area contributed by atoms with Gasteiger partial charge in [0.15, 0.2) is 55.9 Å². The number of aliphatic hydroxyl groups is 8. The maximum atomic E-state index is 14.5. The minimum atomic E-state index is -1.96. The first-order chi connectivity index (χ1) is 46.5. The lowest BCUT2D eigenvalue weighted by molar-refractivity contribution is -0.400. The van der Waals surface area contributed by atoms with Crippen LogP contribution < -0.4 is 0 Å². The number of ether oxygens (including phenoxy) is 14. The number of rotatable bonds is 27. The maximum absolute atomic E-state index is 14.5. The highest BCUT2D eigenvalue weighted by Gasteiger charge is 2.59. The fourth-order valence-electron chi connectivity index (χ4n) is 13.2. The molecule has 6 aliphatic heterocycles. The first kappa shape index (κ1) is 80.4. The van der Waals surface area contributed by atoms with Crippen LogP contribution in [0.4, 0.5) is 0 Å². The Hall–Kier alpha value is -3.88. The molecular weight excluding hydrogens is 1270 g/mol. The van der Waals surface area contributed by atoms with E-state index in [2.05, 4.69) is 13.8 Å². The van der Waals surface area contributed by atoms with Crippen LogP contribution in [0.5, 0.6) is 0 Å². The lowest BCUT2D eigenvalue weighted by Gasteiger charge is -2.51. The van der Waals surface area contributed by atoms with E-state index >= 15 is 0 Å². The Balaban J connectivity index is 1.24. The average molecular weight is 1380 g/mol. The molecule has 1 aromatic rings. The van der Waals surface area contributed by atoms with Crippen LogP contribution in [0.25, 0.3) is 6.08 Å². The van der Waals surface area contributed by atoms with Crippen LogP contribution in [-0.2, 0) is 85.5 Å². The molecule has 1 unspecified atom stereocenters. The summed E-state index contributed by atoms with van der Waals surface area (Å²) in [6.07, 6.45) is -20.2. The third-order valence-corrected chi connectivity index (χ3v) is 19.1. The fraction of sp³-hybridized carbons (Fsp3) is 0.831. The summed E-state index contributed by atoms with van der Waals surface area (Å²) in [4.78, 5) is 55.5. The van der Waals surface area contributed by atoms with E-state index in [-0.39, 0.29) is 18.9 Å². The molecule has 26 nitrogen and oxygen atoms in total. The summed E-state index contributed by atoms with van der Waals surface area (Å²) >= 11 is 0. The third kappa shape index (κ3) is 23.3. The Morgan fingerprint density at radius 3 is 1.77 bits per heavy atom. The third-order valence-electron chi connectivity index (χ3n) is 19.1. The second kappa shape index (κ2) is 40.7. The van der Waals surface area contributed by atoms with Crippen LogP contribution in [0.15, 0.2) is 36.4 Å². The lowest BCUT2D eigenvalue weighted by atomic mass is 9.95. The predicted octanol–water partition coefficient (Wildman–Crippen LogP) is 6.18. The Bertz CT molecular complexity index is 2490. The monoisotopic (exact) mass is 1380 g/mol. The van der Waals surface area contributed by atoms with Crippen molar-refractivity contribution in [2.24, 2.45) is 5.92 Å². The maximum Gasteiger partial charge on any atom is 0.331 e. The molecule has 6 fully saturated rings. The largest absolute Gasteiger partial charge is 0.455 e. The molecule has 8 N–H and O–H groups in total.